The van der Waals surface area contributed by atoms with Gasteiger partial charge in [-0.3, -0.25) is 0 Å². The summed E-state index contributed by atoms with van der Waals surface area (Å²) in [5.41, 5.74) is 1.27. The first kappa shape index (κ1) is 12.7. The van der Waals surface area contributed by atoms with Crippen LogP contribution in [-0.2, 0) is 0 Å². The molecule has 1 aromatic carbocycles. The average Bonchev–Trinajstić information content (AvgIpc) is 2.52. The Morgan fingerprint density at radius 1 is 1.29 bits per heavy atom. The molecule has 1 heterocycles. The highest BCUT2D eigenvalue weighted by molar-refractivity contribution is 9.09. The smallest absolute Gasteiger partial charge is 0.161 e. The predicted octanol–water partition coefficient (Wildman–Crippen LogP) is 4.33. The molecule has 2 nitrogen and oxygen atoms in total. The summed E-state index contributed by atoms with van der Waals surface area (Å²) in [6.07, 6.45) is 2.30. The fraction of sp³-hybridized carbons (Fsp3) is 0.571. The van der Waals surface area contributed by atoms with Crippen LogP contribution in [0, 0.1) is 5.92 Å². The minimum atomic E-state index is 0.405. The predicted molar refractivity (Wildman–Crippen MR) is 73.2 cm³/mol. The number of hydrogen-bond donors (Lipinski definition) is 0. The van der Waals surface area contributed by atoms with Gasteiger partial charge in [-0.15, -0.1) is 0 Å². The molecule has 0 N–H and O–H groups in total. The second-order valence-corrected chi connectivity index (χ2v) is 5.79. The lowest BCUT2D eigenvalue weighted by atomic mass is 10.1. The van der Waals surface area contributed by atoms with E-state index in [-0.39, 0.29) is 0 Å². The van der Waals surface area contributed by atoms with Gasteiger partial charge in [0, 0.05) is 10.7 Å². The molecule has 0 amide bonds. The van der Waals surface area contributed by atoms with Crippen molar-refractivity contribution in [1.29, 1.82) is 0 Å². The third-order valence-corrected chi connectivity index (χ3v) is 3.90. The molecule has 0 aliphatic carbocycles. The van der Waals surface area contributed by atoms with E-state index < -0.39 is 0 Å². The summed E-state index contributed by atoms with van der Waals surface area (Å²) in [6, 6.07) is 6.24. The molecule has 2 rings (SSSR count). The quantitative estimate of drug-likeness (QED) is 0.773. The Balaban J connectivity index is 2.19. The first-order valence-electron chi connectivity index (χ1n) is 6.24. The van der Waals surface area contributed by atoms with Crippen LogP contribution in [0.25, 0.3) is 0 Å². The van der Waals surface area contributed by atoms with Crippen LogP contribution in [0.5, 0.6) is 11.5 Å². The standard InChI is InChI=1S/C14H19BrO2/c1-3-4-12(15)11-5-6-13-14(7-11)17-9-10(2)8-16-13/h5-7,10,12H,3-4,8-9H2,1-2H3. The summed E-state index contributed by atoms with van der Waals surface area (Å²) in [6.45, 7) is 5.80. The molecule has 1 aromatic rings. The van der Waals surface area contributed by atoms with E-state index in [0.717, 1.165) is 31.1 Å². The van der Waals surface area contributed by atoms with E-state index in [4.69, 9.17) is 9.47 Å². The maximum Gasteiger partial charge on any atom is 0.161 e. The lowest BCUT2D eigenvalue weighted by Gasteiger charge is -2.12. The number of hydrogen-bond acceptors (Lipinski definition) is 2. The lowest BCUT2D eigenvalue weighted by Crippen LogP contribution is -2.12. The fourth-order valence-corrected chi connectivity index (χ4v) is 2.63. The molecule has 94 valence electrons. The van der Waals surface area contributed by atoms with Crippen LogP contribution in [0.3, 0.4) is 0 Å². The molecule has 0 fully saturated rings. The lowest BCUT2D eigenvalue weighted by molar-refractivity contribution is 0.228. The molecule has 3 heteroatoms. The van der Waals surface area contributed by atoms with Crippen LogP contribution in [-0.4, -0.2) is 13.2 Å². The maximum atomic E-state index is 5.78. The molecule has 0 saturated carbocycles. The second-order valence-electron chi connectivity index (χ2n) is 4.69. The van der Waals surface area contributed by atoms with Crippen molar-refractivity contribution in [3.63, 3.8) is 0 Å². The Morgan fingerprint density at radius 3 is 2.71 bits per heavy atom. The zero-order valence-corrected chi connectivity index (χ0v) is 12.0. The number of benzene rings is 1. The molecular weight excluding hydrogens is 280 g/mol. The normalized spacial score (nSPS) is 20.8. The largest absolute Gasteiger partial charge is 0.489 e. The molecule has 0 saturated heterocycles. The van der Waals surface area contributed by atoms with E-state index >= 15 is 0 Å². The van der Waals surface area contributed by atoms with Crippen molar-refractivity contribution in [2.45, 2.75) is 31.5 Å². The summed E-state index contributed by atoms with van der Waals surface area (Å²) < 4.78 is 11.5. The van der Waals surface area contributed by atoms with Gasteiger partial charge in [-0.2, -0.15) is 0 Å². The van der Waals surface area contributed by atoms with Crippen molar-refractivity contribution in [3.05, 3.63) is 23.8 Å². The first-order chi connectivity index (χ1) is 8.20. The molecule has 0 radical (unpaired) electrons. The van der Waals surface area contributed by atoms with Crippen LogP contribution in [0.15, 0.2) is 18.2 Å². The maximum absolute atomic E-state index is 5.78. The van der Waals surface area contributed by atoms with E-state index in [2.05, 4.69) is 41.9 Å². The second kappa shape index (κ2) is 5.76. The van der Waals surface area contributed by atoms with Gasteiger partial charge in [0.15, 0.2) is 11.5 Å². The SMILES string of the molecule is CCCC(Br)c1ccc2c(c1)OCC(C)CO2. The van der Waals surface area contributed by atoms with E-state index in [1.54, 1.807) is 0 Å². The zero-order valence-electron chi connectivity index (χ0n) is 10.4. The summed E-state index contributed by atoms with van der Waals surface area (Å²) in [5.74, 6) is 2.20. The van der Waals surface area contributed by atoms with Crippen LogP contribution < -0.4 is 9.47 Å². The average molecular weight is 299 g/mol. The highest BCUT2D eigenvalue weighted by atomic mass is 79.9. The third kappa shape index (κ3) is 3.15. The Bertz CT molecular complexity index is 378. The van der Waals surface area contributed by atoms with Crippen LogP contribution in [0.2, 0.25) is 0 Å². The van der Waals surface area contributed by atoms with Gasteiger partial charge in [0.1, 0.15) is 0 Å². The van der Waals surface area contributed by atoms with Gasteiger partial charge in [-0.1, -0.05) is 42.3 Å². The van der Waals surface area contributed by atoms with Crippen LogP contribution >= 0.6 is 15.9 Å². The van der Waals surface area contributed by atoms with E-state index in [1.165, 1.54) is 12.0 Å². The number of rotatable bonds is 3. The minimum absolute atomic E-state index is 0.405. The molecule has 17 heavy (non-hydrogen) atoms. The van der Waals surface area contributed by atoms with E-state index in [9.17, 15) is 0 Å². The van der Waals surface area contributed by atoms with Crippen molar-refractivity contribution in [2.75, 3.05) is 13.2 Å². The van der Waals surface area contributed by atoms with Crippen LogP contribution in [0.1, 0.15) is 37.1 Å². The number of fused-ring (bicyclic) bond motifs is 1. The molecular formula is C14H19BrO2. The number of alkyl halides is 1. The molecule has 1 aliphatic heterocycles. The number of ether oxygens (including phenoxy) is 2. The van der Waals surface area contributed by atoms with Gasteiger partial charge in [0.05, 0.1) is 13.2 Å². The Labute approximate surface area is 111 Å². The van der Waals surface area contributed by atoms with Crippen molar-refractivity contribution >= 4 is 15.9 Å². The third-order valence-electron chi connectivity index (χ3n) is 2.92. The number of halogens is 1. The molecule has 0 aromatic heterocycles. The monoisotopic (exact) mass is 298 g/mol. The molecule has 0 spiro atoms. The fourth-order valence-electron chi connectivity index (χ4n) is 1.88. The Hall–Kier alpha value is -0.700. The van der Waals surface area contributed by atoms with Crippen molar-refractivity contribution in [1.82, 2.24) is 0 Å². The highest BCUT2D eigenvalue weighted by Gasteiger charge is 2.16. The van der Waals surface area contributed by atoms with Crippen molar-refractivity contribution < 1.29 is 9.47 Å². The van der Waals surface area contributed by atoms with Gasteiger partial charge < -0.3 is 9.47 Å². The van der Waals surface area contributed by atoms with Gasteiger partial charge in [0.25, 0.3) is 0 Å². The van der Waals surface area contributed by atoms with Gasteiger partial charge in [0.2, 0.25) is 0 Å². The van der Waals surface area contributed by atoms with Crippen LogP contribution in [0.4, 0.5) is 0 Å². The first-order valence-corrected chi connectivity index (χ1v) is 7.16. The van der Waals surface area contributed by atoms with Gasteiger partial charge >= 0.3 is 0 Å². The molecule has 0 bridgehead atoms. The van der Waals surface area contributed by atoms with Gasteiger partial charge in [-0.05, 0) is 24.1 Å². The summed E-state index contributed by atoms with van der Waals surface area (Å²) >= 11 is 3.71. The zero-order chi connectivity index (χ0) is 12.3. The summed E-state index contributed by atoms with van der Waals surface area (Å²) in [4.78, 5) is 0.405. The Kier molecular flexibility index (Phi) is 4.32. The van der Waals surface area contributed by atoms with E-state index in [0.29, 0.717) is 10.7 Å². The topological polar surface area (TPSA) is 18.5 Å². The molecule has 2 unspecified atom stereocenters. The van der Waals surface area contributed by atoms with E-state index in [1.807, 2.05) is 6.07 Å². The van der Waals surface area contributed by atoms with Crippen molar-refractivity contribution in [3.8, 4) is 11.5 Å². The summed E-state index contributed by atoms with van der Waals surface area (Å²) in [7, 11) is 0. The molecule has 1 aliphatic rings. The van der Waals surface area contributed by atoms with Crippen molar-refractivity contribution in [2.24, 2.45) is 5.92 Å². The Morgan fingerprint density at radius 2 is 2.00 bits per heavy atom. The molecule has 2 atom stereocenters. The minimum Gasteiger partial charge on any atom is -0.489 e. The summed E-state index contributed by atoms with van der Waals surface area (Å²) in [5, 5.41) is 0. The highest BCUT2D eigenvalue weighted by Crippen LogP contribution is 2.36. The van der Waals surface area contributed by atoms with Gasteiger partial charge in [-0.25, -0.2) is 0 Å².